The smallest absolute Gasteiger partial charge is 0.258 e. The average molecular weight is 512 g/mol. The summed E-state index contributed by atoms with van der Waals surface area (Å²) in [6.07, 6.45) is 5.54. The Labute approximate surface area is 208 Å². The first kappa shape index (κ1) is 26.0. The molecule has 6 nitrogen and oxygen atoms in total. The van der Waals surface area contributed by atoms with Gasteiger partial charge >= 0.3 is 0 Å². The van der Waals surface area contributed by atoms with Gasteiger partial charge in [0.1, 0.15) is 11.9 Å². The molecule has 0 spiro atoms. The number of carbonyl (C=O) groups is 3. The lowest BCUT2D eigenvalue weighted by atomic mass is 10.0. The van der Waals surface area contributed by atoms with Gasteiger partial charge in [0.25, 0.3) is 11.8 Å². The van der Waals surface area contributed by atoms with Crippen molar-refractivity contribution in [1.82, 2.24) is 15.1 Å². The van der Waals surface area contributed by atoms with E-state index in [1.807, 2.05) is 0 Å². The molecule has 1 unspecified atom stereocenters. The fourth-order valence-corrected chi connectivity index (χ4v) is 6.07. The lowest BCUT2D eigenvalue weighted by molar-refractivity contribution is -0.136. The minimum atomic E-state index is -2.49. The van der Waals surface area contributed by atoms with Crippen LogP contribution in [-0.2, 0) is 16.1 Å². The second-order valence-corrected chi connectivity index (χ2v) is 10.7. The lowest BCUT2D eigenvalue weighted by Gasteiger charge is -2.31. The summed E-state index contributed by atoms with van der Waals surface area (Å²) >= 11 is 1.59. The number of halogens is 3. The number of amides is 3. The van der Waals surface area contributed by atoms with E-state index in [0.29, 0.717) is 18.7 Å². The Hall–Kier alpha value is -2.07. The zero-order valence-electron chi connectivity index (χ0n) is 19.8. The third-order valence-corrected chi connectivity index (χ3v) is 8.26. The van der Waals surface area contributed by atoms with Crippen molar-refractivity contribution in [3.8, 4) is 0 Å². The number of piperidine rings is 2. The molecule has 1 N–H and O–H groups in total. The third-order valence-electron chi connectivity index (χ3n) is 7.07. The van der Waals surface area contributed by atoms with Crippen molar-refractivity contribution in [2.45, 2.75) is 81.2 Å². The fraction of sp³-hybridized carbons (Fsp3) is 0.640. The van der Waals surface area contributed by atoms with Crippen LogP contribution in [0.1, 0.15) is 73.7 Å². The molecule has 3 aliphatic rings. The number of thioether (sulfide) groups is 1. The van der Waals surface area contributed by atoms with Crippen molar-refractivity contribution in [2.24, 2.45) is 0 Å². The summed E-state index contributed by atoms with van der Waals surface area (Å²) in [5, 5.41) is 2.26. The van der Waals surface area contributed by atoms with Crippen molar-refractivity contribution in [3.63, 3.8) is 0 Å². The number of likely N-dealkylation sites (tertiary alicyclic amines) is 1. The van der Waals surface area contributed by atoms with Crippen LogP contribution in [0.2, 0.25) is 0 Å². The number of alkyl halides is 2. The number of rotatable bonds is 10. The number of carbonyl (C=O) groups excluding carboxylic acids is 3. The van der Waals surface area contributed by atoms with Crippen molar-refractivity contribution >= 4 is 29.5 Å². The van der Waals surface area contributed by atoms with E-state index in [0.717, 1.165) is 49.3 Å². The van der Waals surface area contributed by atoms with E-state index >= 15 is 0 Å². The number of benzene rings is 1. The molecule has 4 rings (SSSR count). The zero-order chi connectivity index (χ0) is 25.0. The zero-order valence-corrected chi connectivity index (χ0v) is 20.6. The molecule has 0 saturated carbocycles. The minimum Gasteiger partial charge on any atom is -0.322 e. The molecule has 3 aliphatic heterocycles. The summed E-state index contributed by atoms with van der Waals surface area (Å²) in [5.74, 6) is -3.58. The predicted octanol–water partition coefficient (Wildman–Crippen LogP) is 4.36. The van der Waals surface area contributed by atoms with Gasteiger partial charge in [-0.25, -0.2) is 13.2 Å². The first-order chi connectivity index (χ1) is 16.7. The van der Waals surface area contributed by atoms with Crippen LogP contribution in [0.25, 0.3) is 0 Å². The summed E-state index contributed by atoms with van der Waals surface area (Å²) in [4.78, 5) is 40.9. The highest BCUT2D eigenvalue weighted by molar-refractivity contribution is 7.99. The summed E-state index contributed by atoms with van der Waals surface area (Å²) in [7, 11) is 0. The van der Waals surface area contributed by atoms with Gasteiger partial charge in [-0.3, -0.25) is 19.7 Å². The SMILES string of the molecule is O=C1CCC(N2Cc3c(SCCCCCCCN4CCC(F)(F)CC4)ccc(F)c3C2=O)C(=O)N1. The maximum atomic E-state index is 14.5. The first-order valence-electron chi connectivity index (χ1n) is 12.4. The largest absolute Gasteiger partial charge is 0.322 e. The summed E-state index contributed by atoms with van der Waals surface area (Å²) < 4.78 is 40.9. The van der Waals surface area contributed by atoms with E-state index in [9.17, 15) is 27.6 Å². The molecule has 2 fully saturated rings. The molecule has 1 atom stereocenters. The molecule has 2 saturated heterocycles. The molecule has 10 heteroatoms. The van der Waals surface area contributed by atoms with E-state index in [1.54, 1.807) is 17.8 Å². The van der Waals surface area contributed by atoms with Crippen molar-refractivity contribution in [1.29, 1.82) is 0 Å². The average Bonchev–Trinajstić information content (AvgIpc) is 3.16. The Bertz CT molecular complexity index is 965. The van der Waals surface area contributed by atoms with Gasteiger partial charge in [0.2, 0.25) is 11.8 Å². The molecule has 35 heavy (non-hydrogen) atoms. The standard InChI is InChI=1S/C25H32F3N3O3S/c26-18-6-8-20(17-16-31(24(34)22(17)18)19-7-9-21(32)29-23(19)33)35-15-5-3-1-2-4-12-30-13-10-25(27,28)11-14-30/h6,8,19H,1-5,7,9-16H2,(H,29,32,33). The quantitative estimate of drug-likeness (QED) is 0.287. The Morgan fingerprint density at radius 1 is 1.03 bits per heavy atom. The van der Waals surface area contributed by atoms with Crippen LogP contribution >= 0.6 is 11.8 Å². The van der Waals surface area contributed by atoms with Crippen molar-refractivity contribution in [3.05, 3.63) is 29.1 Å². The van der Waals surface area contributed by atoms with Gasteiger partial charge in [0.15, 0.2) is 0 Å². The molecule has 1 aromatic carbocycles. The van der Waals surface area contributed by atoms with Crippen LogP contribution in [0.3, 0.4) is 0 Å². The maximum absolute atomic E-state index is 14.5. The van der Waals surface area contributed by atoms with E-state index < -0.39 is 29.6 Å². The molecular weight excluding hydrogens is 479 g/mol. The third kappa shape index (κ3) is 6.39. The van der Waals surface area contributed by atoms with Gasteiger partial charge < -0.3 is 9.80 Å². The maximum Gasteiger partial charge on any atom is 0.258 e. The van der Waals surface area contributed by atoms with E-state index in [1.165, 1.54) is 11.0 Å². The van der Waals surface area contributed by atoms with Crippen LogP contribution in [0, 0.1) is 5.82 Å². The van der Waals surface area contributed by atoms with Crippen LogP contribution in [0.4, 0.5) is 13.2 Å². The second kappa shape index (κ2) is 11.3. The summed E-state index contributed by atoms with van der Waals surface area (Å²) in [6, 6.07) is 2.25. The van der Waals surface area contributed by atoms with Crippen molar-refractivity contribution < 1.29 is 27.6 Å². The highest BCUT2D eigenvalue weighted by Crippen LogP contribution is 2.36. The second-order valence-electron chi connectivity index (χ2n) is 9.61. The number of fused-ring (bicyclic) bond motifs is 1. The normalized spacial score (nSPS) is 22.4. The van der Waals surface area contributed by atoms with Gasteiger partial charge in [0.05, 0.1) is 5.56 Å². The highest BCUT2D eigenvalue weighted by atomic mass is 32.2. The highest BCUT2D eigenvalue weighted by Gasteiger charge is 2.41. The molecular formula is C25H32F3N3O3S. The molecule has 1 aromatic rings. The van der Waals surface area contributed by atoms with Crippen LogP contribution in [-0.4, -0.2) is 64.9 Å². The summed E-state index contributed by atoms with van der Waals surface area (Å²) in [6.45, 7) is 2.01. The van der Waals surface area contributed by atoms with Crippen LogP contribution in [0.15, 0.2) is 17.0 Å². The molecule has 192 valence electrons. The number of imide groups is 1. The van der Waals surface area contributed by atoms with Gasteiger partial charge in [-0.15, -0.1) is 11.8 Å². The van der Waals surface area contributed by atoms with Gasteiger partial charge in [-0.05, 0) is 43.7 Å². The van der Waals surface area contributed by atoms with Gasteiger partial charge in [0, 0.05) is 49.4 Å². The van der Waals surface area contributed by atoms with Crippen LogP contribution in [0.5, 0.6) is 0 Å². The lowest BCUT2D eigenvalue weighted by Crippen LogP contribution is -2.52. The van der Waals surface area contributed by atoms with Crippen LogP contribution < -0.4 is 5.32 Å². The molecule has 0 aromatic heterocycles. The molecule has 3 amide bonds. The molecule has 3 heterocycles. The minimum absolute atomic E-state index is 0.0335. The molecule has 0 radical (unpaired) electrons. The fourth-order valence-electron chi connectivity index (χ4n) is 4.99. The van der Waals surface area contributed by atoms with E-state index in [2.05, 4.69) is 10.2 Å². The first-order valence-corrected chi connectivity index (χ1v) is 13.4. The number of nitrogens with one attached hydrogen (secondary N) is 1. The molecule has 0 aliphatic carbocycles. The van der Waals surface area contributed by atoms with Gasteiger partial charge in [-0.2, -0.15) is 0 Å². The Morgan fingerprint density at radius 2 is 1.74 bits per heavy atom. The number of unbranched alkanes of at least 4 members (excludes halogenated alkanes) is 4. The van der Waals surface area contributed by atoms with Gasteiger partial charge in [-0.1, -0.05) is 19.3 Å². The molecule has 0 bridgehead atoms. The Balaban J connectivity index is 1.19. The van der Waals surface area contributed by atoms with E-state index in [4.69, 9.17) is 0 Å². The summed E-state index contributed by atoms with van der Waals surface area (Å²) in [5.41, 5.74) is 0.659. The number of hydrogen-bond acceptors (Lipinski definition) is 5. The number of hydrogen-bond donors (Lipinski definition) is 1. The predicted molar refractivity (Wildman–Crippen MR) is 127 cm³/mol. The Kier molecular flexibility index (Phi) is 8.42. The Morgan fingerprint density at radius 3 is 2.49 bits per heavy atom. The van der Waals surface area contributed by atoms with E-state index in [-0.39, 0.29) is 43.7 Å². The van der Waals surface area contributed by atoms with Crippen molar-refractivity contribution in [2.75, 3.05) is 25.4 Å². The number of nitrogens with zero attached hydrogens (tertiary/aromatic N) is 2. The monoisotopic (exact) mass is 511 g/mol. The topological polar surface area (TPSA) is 69.7 Å².